The van der Waals surface area contributed by atoms with Crippen molar-refractivity contribution in [3.63, 3.8) is 0 Å². The summed E-state index contributed by atoms with van der Waals surface area (Å²) in [6.45, 7) is 6.65. The number of rotatable bonds is 7. The van der Waals surface area contributed by atoms with E-state index in [1.165, 1.54) is 5.56 Å². The molecule has 2 atom stereocenters. The number of hydrogen-bond donors (Lipinski definition) is 3. The number of ether oxygens (including phenoxy) is 1. The summed E-state index contributed by atoms with van der Waals surface area (Å²) in [5.74, 6) is 0.00267. The number of nitrogens with two attached hydrogens (primary N) is 1. The fourth-order valence-corrected chi connectivity index (χ4v) is 2.00. The van der Waals surface area contributed by atoms with E-state index in [-0.39, 0.29) is 0 Å². The Morgan fingerprint density at radius 3 is 2.33 bits per heavy atom. The molecular weight excluding hydrogens is 270 g/mol. The summed E-state index contributed by atoms with van der Waals surface area (Å²) in [5, 5.41) is 5.38. The molecule has 3 amide bonds. The van der Waals surface area contributed by atoms with E-state index in [1.807, 2.05) is 29.6 Å². The number of amides is 3. The zero-order valence-electron chi connectivity index (χ0n) is 12.7. The number of primary amides is 1. The Morgan fingerprint density at radius 1 is 1.24 bits per heavy atom. The van der Waals surface area contributed by atoms with Crippen molar-refractivity contribution >= 4 is 11.9 Å². The van der Waals surface area contributed by atoms with Gasteiger partial charge in [-0.3, -0.25) is 10.1 Å². The van der Waals surface area contributed by atoms with Crippen molar-refractivity contribution in [3.05, 3.63) is 29.8 Å². The average molecular weight is 293 g/mol. The molecule has 6 nitrogen and oxygen atoms in total. The molecule has 1 aromatic carbocycles. The molecule has 0 aliphatic heterocycles. The molecule has 2 unspecified atom stereocenters. The van der Waals surface area contributed by atoms with Gasteiger partial charge in [0.1, 0.15) is 5.75 Å². The lowest BCUT2D eigenvalue weighted by Gasteiger charge is -2.17. The first-order chi connectivity index (χ1) is 9.97. The van der Waals surface area contributed by atoms with Crippen LogP contribution < -0.4 is 21.1 Å². The highest BCUT2D eigenvalue weighted by Crippen LogP contribution is 2.20. The molecule has 0 aromatic heterocycles. The van der Waals surface area contributed by atoms with Gasteiger partial charge in [-0.1, -0.05) is 26.0 Å². The monoisotopic (exact) mass is 293 g/mol. The summed E-state index contributed by atoms with van der Waals surface area (Å²) in [4.78, 5) is 22.1. The first-order valence-electron chi connectivity index (χ1n) is 7.08. The summed E-state index contributed by atoms with van der Waals surface area (Å²) in [5.41, 5.74) is 6.06. The number of benzene rings is 1. The Morgan fingerprint density at radius 2 is 1.86 bits per heavy atom. The molecule has 1 aromatic rings. The van der Waals surface area contributed by atoms with Gasteiger partial charge < -0.3 is 15.8 Å². The van der Waals surface area contributed by atoms with E-state index < -0.39 is 18.0 Å². The first kappa shape index (κ1) is 17.0. The standard InChI is InChI=1S/C15H23N3O3/c1-4-13(17-5-2)11-6-8-12(9-7-11)21-10(3)14(19)18-15(16)20/h6-10,13,17H,4-5H2,1-3H3,(H3,16,18,19,20). The number of urea groups is 1. The smallest absolute Gasteiger partial charge is 0.318 e. The first-order valence-corrected chi connectivity index (χ1v) is 7.08. The molecule has 0 aliphatic carbocycles. The third-order valence-electron chi connectivity index (χ3n) is 3.07. The molecule has 0 saturated heterocycles. The van der Waals surface area contributed by atoms with Crippen LogP contribution in [0.4, 0.5) is 4.79 Å². The minimum absolute atomic E-state index is 0.305. The van der Waals surface area contributed by atoms with E-state index >= 15 is 0 Å². The zero-order valence-corrected chi connectivity index (χ0v) is 12.7. The quantitative estimate of drug-likeness (QED) is 0.713. The molecule has 6 heteroatoms. The van der Waals surface area contributed by atoms with Crippen LogP contribution in [0, 0.1) is 0 Å². The van der Waals surface area contributed by atoms with Crippen molar-refractivity contribution in [2.75, 3.05) is 6.54 Å². The maximum atomic E-state index is 11.5. The molecule has 0 saturated carbocycles. The van der Waals surface area contributed by atoms with Gasteiger partial charge in [-0.2, -0.15) is 0 Å². The second kappa shape index (κ2) is 8.26. The molecule has 0 fully saturated rings. The lowest BCUT2D eigenvalue weighted by molar-refractivity contribution is -0.126. The van der Waals surface area contributed by atoms with Crippen LogP contribution in [0.15, 0.2) is 24.3 Å². The zero-order chi connectivity index (χ0) is 15.8. The van der Waals surface area contributed by atoms with Crippen LogP contribution >= 0.6 is 0 Å². The minimum atomic E-state index is -0.887. The van der Waals surface area contributed by atoms with Crippen molar-refractivity contribution < 1.29 is 14.3 Å². The summed E-state index contributed by atoms with van der Waals surface area (Å²) in [6.07, 6.45) is 0.199. The van der Waals surface area contributed by atoms with Gasteiger partial charge in [-0.25, -0.2) is 4.79 Å². The molecular formula is C15H23N3O3. The Hall–Kier alpha value is -2.08. The molecule has 0 spiro atoms. The number of carbonyl (C=O) groups excluding carboxylic acids is 2. The summed E-state index contributed by atoms with van der Waals surface area (Å²) >= 11 is 0. The second-order valence-electron chi connectivity index (χ2n) is 4.70. The minimum Gasteiger partial charge on any atom is -0.481 e. The van der Waals surface area contributed by atoms with Gasteiger partial charge in [-0.15, -0.1) is 0 Å². The number of nitrogens with one attached hydrogen (secondary N) is 2. The van der Waals surface area contributed by atoms with Gasteiger partial charge in [0.2, 0.25) is 0 Å². The van der Waals surface area contributed by atoms with Crippen molar-refractivity contribution in [3.8, 4) is 5.75 Å². The predicted octanol–water partition coefficient (Wildman–Crippen LogP) is 1.71. The van der Waals surface area contributed by atoms with Gasteiger partial charge in [0, 0.05) is 6.04 Å². The van der Waals surface area contributed by atoms with E-state index in [0.29, 0.717) is 11.8 Å². The Balaban J connectivity index is 2.65. The van der Waals surface area contributed by atoms with Crippen molar-refractivity contribution in [1.29, 1.82) is 0 Å². The average Bonchev–Trinajstić information content (AvgIpc) is 2.45. The molecule has 0 bridgehead atoms. The number of hydrogen-bond acceptors (Lipinski definition) is 4. The summed E-state index contributed by atoms with van der Waals surface area (Å²) < 4.78 is 5.47. The van der Waals surface area contributed by atoms with Gasteiger partial charge >= 0.3 is 6.03 Å². The number of carbonyl (C=O) groups is 2. The predicted molar refractivity (Wildman–Crippen MR) is 81.0 cm³/mol. The maximum Gasteiger partial charge on any atom is 0.318 e. The van der Waals surface area contributed by atoms with Crippen molar-refractivity contribution in [2.24, 2.45) is 5.73 Å². The largest absolute Gasteiger partial charge is 0.481 e. The molecule has 116 valence electrons. The highest BCUT2D eigenvalue weighted by Gasteiger charge is 2.16. The summed E-state index contributed by atoms with van der Waals surface area (Å²) in [6, 6.07) is 6.96. The lowest BCUT2D eigenvalue weighted by Crippen LogP contribution is -2.42. The molecule has 0 aliphatic rings. The van der Waals surface area contributed by atoms with Crippen LogP contribution in [-0.2, 0) is 4.79 Å². The highest BCUT2D eigenvalue weighted by atomic mass is 16.5. The maximum absolute atomic E-state index is 11.5. The molecule has 1 rings (SSSR count). The molecule has 4 N–H and O–H groups in total. The van der Waals surface area contributed by atoms with E-state index in [1.54, 1.807) is 6.92 Å². The van der Waals surface area contributed by atoms with Crippen molar-refractivity contribution in [2.45, 2.75) is 39.3 Å². The van der Waals surface area contributed by atoms with Crippen LogP contribution in [0.1, 0.15) is 38.8 Å². The Labute approximate surface area is 125 Å². The second-order valence-corrected chi connectivity index (χ2v) is 4.70. The van der Waals surface area contributed by atoms with Crippen molar-refractivity contribution in [1.82, 2.24) is 10.6 Å². The molecule has 21 heavy (non-hydrogen) atoms. The van der Waals surface area contributed by atoms with Crippen LogP contribution in [0.3, 0.4) is 0 Å². The van der Waals surface area contributed by atoms with Gasteiger partial charge in [0.25, 0.3) is 5.91 Å². The van der Waals surface area contributed by atoms with Crippen LogP contribution in [0.25, 0.3) is 0 Å². The molecule has 0 radical (unpaired) electrons. The van der Waals surface area contributed by atoms with E-state index in [4.69, 9.17) is 10.5 Å². The van der Waals surface area contributed by atoms with Crippen LogP contribution in [-0.4, -0.2) is 24.6 Å². The van der Waals surface area contributed by atoms with Gasteiger partial charge in [0.05, 0.1) is 0 Å². The van der Waals surface area contributed by atoms with Crippen LogP contribution in [0.5, 0.6) is 5.75 Å². The molecule has 0 heterocycles. The van der Waals surface area contributed by atoms with Gasteiger partial charge in [-0.05, 0) is 37.6 Å². The number of imide groups is 1. The fraction of sp³-hybridized carbons (Fsp3) is 0.467. The van der Waals surface area contributed by atoms with E-state index in [2.05, 4.69) is 19.2 Å². The van der Waals surface area contributed by atoms with Gasteiger partial charge in [0.15, 0.2) is 6.10 Å². The third kappa shape index (κ3) is 5.43. The Kier molecular flexibility index (Phi) is 6.68. The SMILES string of the molecule is CCNC(CC)c1ccc(OC(C)C(=O)NC(N)=O)cc1. The summed E-state index contributed by atoms with van der Waals surface area (Å²) in [7, 11) is 0. The van der Waals surface area contributed by atoms with E-state index in [0.717, 1.165) is 13.0 Å². The highest BCUT2D eigenvalue weighted by molar-refractivity contribution is 5.95. The van der Waals surface area contributed by atoms with E-state index in [9.17, 15) is 9.59 Å². The lowest BCUT2D eigenvalue weighted by atomic mass is 10.0. The normalized spacial score (nSPS) is 13.3. The Bertz CT molecular complexity index is 474. The third-order valence-corrected chi connectivity index (χ3v) is 3.07. The topological polar surface area (TPSA) is 93.4 Å². The van der Waals surface area contributed by atoms with Crippen LogP contribution in [0.2, 0.25) is 0 Å². The fourth-order valence-electron chi connectivity index (χ4n) is 2.00.